The fraction of sp³-hybridized carbons (Fsp3) is 0.667. The van der Waals surface area contributed by atoms with Crippen LogP contribution in [0.2, 0.25) is 0 Å². The molecule has 8 nitrogen and oxygen atoms in total. The largest absolute Gasteiger partial charge is 0.383 e. The van der Waals surface area contributed by atoms with Gasteiger partial charge in [-0.05, 0) is 12.1 Å². The van der Waals surface area contributed by atoms with Gasteiger partial charge in [-0.15, -0.1) is 17.0 Å². The fourth-order valence-corrected chi connectivity index (χ4v) is 3.05. The molecule has 27 heavy (non-hydrogen) atoms. The number of methoxy groups -OCH3 is 1. The summed E-state index contributed by atoms with van der Waals surface area (Å²) in [6.07, 6.45) is 1.88. The zero-order valence-corrected chi connectivity index (χ0v) is 17.6. The molecule has 1 N–H and O–H groups in total. The Morgan fingerprint density at radius 2 is 2.15 bits per heavy atom. The molecule has 0 radical (unpaired) electrons. The van der Waals surface area contributed by atoms with Crippen molar-refractivity contribution in [1.29, 1.82) is 0 Å². The zero-order valence-electron chi connectivity index (χ0n) is 15.9. The number of ether oxygens (including phenoxy) is 3. The van der Waals surface area contributed by atoms with Crippen LogP contribution in [0.1, 0.15) is 0 Å². The highest BCUT2D eigenvalue weighted by Gasteiger charge is 2.21. The van der Waals surface area contributed by atoms with Crippen LogP contribution in [-0.2, 0) is 14.2 Å². The standard InChI is InChI=1S/C18H29N5O3.BrH/c1-24-11-6-20-18(21-14-16-15-25-12-13-26-16)23-9-7-22(8-10-23)17-4-2-3-5-19-17;/h2-5,16H,6-15H2,1H3,(H,20,21);1H. The Kier molecular flexibility index (Phi) is 9.82. The van der Waals surface area contributed by atoms with Crippen molar-refractivity contribution in [2.24, 2.45) is 4.99 Å². The number of aromatic nitrogens is 1. The first-order chi connectivity index (χ1) is 12.9. The fourth-order valence-electron chi connectivity index (χ4n) is 3.05. The van der Waals surface area contributed by atoms with Crippen LogP contribution in [-0.4, -0.2) is 94.8 Å². The van der Waals surface area contributed by atoms with Gasteiger partial charge in [-0.25, -0.2) is 4.98 Å². The summed E-state index contributed by atoms with van der Waals surface area (Å²) in [7, 11) is 1.71. The number of halogens is 1. The molecule has 2 aliphatic rings. The monoisotopic (exact) mass is 443 g/mol. The van der Waals surface area contributed by atoms with Gasteiger partial charge < -0.3 is 29.3 Å². The summed E-state index contributed by atoms with van der Waals surface area (Å²) in [5.41, 5.74) is 0. The van der Waals surface area contributed by atoms with Crippen molar-refractivity contribution in [3.63, 3.8) is 0 Å². The average molecular weight is 444 g/mol. The number of pyridine rings is 1. The molecule has 2 fully saturated rings. The number of hydrogen-bond acceptors (Lipinski definition) is 6. The third kappa shape index (κ3) is 6.91. The Hall–Kier alpha value is -1.42. The summed E-state index contributed by atoms with van der Waals surface area (Å²) in [4.78, 5) is 13.8. The van der Waals surface area contributed by atoms with E-state index in [0.717, 1.165) is 44.5 Å². The van der Waals surface area contributed by atoms with E-state index in [1.54, 1.807) is 7.11 Å². The first-order valence-corrected chi connectivity index (χ1v) is 9.24. The van der Waals surface area contributed by atoms with Gasteiger partial charge in [0.25, 0.3) is 0 Å². The number of hydrogen-bond donors (Lipinski definition) is 1. The van der Waals surface area contributed by atoms with Gasteiger partial charge in [0.2, 0.25) is 0 Å². The van der Waals surface area contributed by atoms with Crippen molar-refractivity contribution in [2.75, 3.05) is 77.7 Å². The van der Waals surface area contributed by atoms with E-state index in [2.05, 4.69) is 26.2 Å². The minimum atomic E-state index is 0. The third-order valence-corrected chi connectivity index (χ3v) is 4.47. The second-order valence-electron chi connectivity index (χ2n) is 6.31. The Bertz CT molecular complexity index is 549. The highest BCUT2D eigenvalue weighted by atomic mass is 79.9. The molecule has 0 aliphatic carbocycles. The van der Waals surface area contributed by atoms with E-state index < -0.39 is 0 Å². The summed E-state index contributed by atoms with van der Waals surface area (Å²) >= 11 is 0. The van der Waals surface area contributed by atoms with E-state index in [1.807, 2.05) is 18.3 Å². The van der Waals surface area contributed by atoms with Gasteiger partial charge in [0.1, 0.15) is 11.9 Å². The van der Waals surface area contributed by atoms with Crippen molar-refractivity contribution in [3.8, 4) is 0 Å². The molecule has 2 saturated heterocycles. The maximum Gasteiger partial charge on any atom is 0.194 e. The van der Waals surface area contributed by atoms with E-state index in [-0.39, 0.29) is 23.1 Å². The van der Waals surface area contributed by atoms with Crippen molar-refractivity contribution in [3.05, 3.63) is 24.4 Å². The predicted molar refractivity (Wildman–Crippen MR) is 111 cm³/mol. The van der Waals surface area contributed by atoms with Gasteiger partial charge in [0.05, 0.1) is 33.0 Å². The molecule has 1 unspecified atom stereocenters. The maximum absolute atomic E-state index is 5.70. The van der Waals surface area contributed by atoms with Gasteiger partial charge in [0, 0.05) is 46.0 Å². The predicted octanol–water partition coefficient (Wildman–Crippen LogP) is 0.789. The molecule has 3 heterocycles. The second kappa shape index (κ2) is 12.1. The number of guanidine groups is 1. The molecule has 0 spiro atoms. The molecule has 1 atom stereocenters. The van der Waals surface area contributed by atoms with Gasteiger partial charge in [0.15, 0.2) is 5.96 Å². The summed E-state index contributed by atoms with van der Waals surface area (Å²) in [5.74, 6) is 1.95. The van der Waals surface area contributed by atoms with Crippen LogP contribution in [0, 0.1) is 0 Å². The smallest absolute Gasteiger partial charge is 0.194 e. The van der Waals surface area contributed by atoms with Crippen molar-refractivity contribution in [1.82, 2.24) is 15.2 Å². The molecule has 0 saturated carbocycles. The third-order valence-electron chi connectivity index (χ3n) is 4.47. The Balaban J connectivity index is 0.00000261. The lowest BCUT2D eigenvalue weighted by molar-refractivity contribution is -0.0833. The first-order valence-electron chi connectivity index (χ1n) is 9.24. The van der Waals surface area contributed by atoms with Gasteiger partial charge in [-0.2, -0.15) is 0 Å². The number of piperazine rings is 1. The Labute approximate surface area is 171 Å². The molecular formula is C18H30BrN5O3. The number of nitrogens with one attached hydrogen (secondary N) is 1. The summed E-state index contributed by atoms with van der Waals surface area (Å²) in [5, 5.41) is 3.40. The van der Waals surface area contributed by atoms with Crippen LogP contribution in [0.5, 0.6) is 0 Å². The minimum Gasteiger partial charge on any atom is -0.383 e. The van der Waals surface area contributed by atoms with E-state index in [9.17, 15) is 0 Å². The summed E-state index contributed by atoms with van der Waals surface area (Å²) < 4.78 is 16.3. The molecular weight excluding hydrogens is 414 g/mol. The zero-order chi connectivity index (χ0) is 18.0. The maximum atomic E-state index is 5.70. The first kappa shape index (κ1) is 21.9. The molecule has 0 aromatic carbocycles. The molecule has 0 amide bonds. The summed E-state index contributed by atoms with van der Waals surface area (Å²) in [6.45, 7) is 7.57. The Morgan fingerprint density at radius 3 is 2.81 bits per heavy atom. The van der Waals surface area contributed by atoms with Crippen molar-refractivity contribution >= 4 is 28.8 Å². The normalized spacial score (nSPS) is 20.9. The van der Waals surface area contributed by atoms with Crippen molar-refractivity contribution < 1.29 is 14.2 Å². The number of nitrogens with zero attached hydrogens (tertiary/aromatic N) is 4. The number of aliphatic imine (C=N–C) groups is 1. The lowest BCUT2D eigenvalue weighted by atomic mass is 10.3. The van der Waals surface area contributed by atoms with E-state index in [4.69, 9.17) is 19.2 Å². The van der Waals surface area contributed by atoms with Gasteiger partial charge in [-0.3, -0.25) is 4.99 Å². The van der Waals surface area contributed by atoms with Crippen LogP contribution in [0.3, 0.4) is 0 Å². The van der Waals surface area contributed by atoms with Crippen LogP contribution in [0.15, 0.2) is 29.4 Å². The van der Waals surface area contributed by atoms with E-state index in [0.29, 0.717) is 33.0 Å². The lowest BCUT2D eigenvalue weighted by Gasteiger charge is -2.37. The topological polar surface area (TPSA) is 71.5 Å². The number of anilines is 1. The molecule has 3 rings (SSSR count). The molecule has 0 bridgehead atoms. The number of rotatable bonds is 6. The minimum absolute atomic E-state index is 0. The van der Waals surface area contributed by atoms with Crippen molar-refractivity contribution in [2.45, 2.75) is 6.10 Å². The molecule has 1 aromatic rings. The summed E-state index contributed by atoms with van der Waals surface area (Å²) in [6, 6.07) is 6.03. The highest BCUT2D eigenvalue weighted by molar-refractivity contribution is 8.93. The van der Waals surface area contributed by atoms with Gasteiger partial charge >= 0.3 is 0 Å². The average Bonchev–Trinajstić information content (AvgIpc) is 2.72. The van der Waals surface area contributed by atoms with E-state index in [1.165, 1.54) is 0 Å². The molecule has 1 aromatic heterocycles. The quantitative estimate of drug-likeness (QED) is 0.395. The molecule has 152 valence electrons. The van der Waals surface area contributed by atoms with Crippen LogP contribution in [0.25, 0.3) is 0 Å². The lowest BCUT2D eigenvalue weighted by Crippen LogP contribution is -2.53. The van der Waals surface area contributed by atoms with Gasteiger partial charge in [-0.1, -0.05) is 6.07 Å². The second-order valence-corrected chi connectivity index (χ2v) is 6.31. The van der Waals surface area contributed by atoms with Crippen LogP contribution >= 0.6 is 17.0 Å². The Morgan fingerprint density at radius 1 is 1.30 bits per heavy atom. The van der Waals surface area contributed by atoms with Crippen LogP contribution < -0.4 is 10.2 Å². The SMILES string of the molecule is Br.COCCNC(=NCC1COCCO1)N1CCN(c2ccccn2)CC1. The van der Waals surface area contributed by atoms with E-state index >= 15 is 0 Å². The van der Waals surface area contributed by atoms with Crippen LogP contribution in [0.4, 0.5) is 5.82 Å². The molecule has 2 aliphatic heterocycles. The highest BCUT2D eigenvalue weighted by Crippen LogP contribution is 2.12. The molecule has 9 heteroatoms.